The summed E-state index contributed by atoms with van der Waals surface area (Å²) in [7, 11) is 0. The van der Waals surface area contributed by atoms with Gasteiger partial charge >= 0.3 is 0 Å². The van der Waals surface area contributed by atoms with Crippen molar-refractivity contribution in [3.8, 4) is 22.3 Å². The Balaban J connectivity index is 1.84. The Morgan fingerprint density at radius 2 is 0.750 bits per heavy atom. The predicted octanol–water partition coefficient (Wildman–Crippen LogP) is 8.79. The largest absolute Gasteiger partial charge is 0.289 e. The third-order valence-corrected chi connectivity index (χ3v) is 6.55. The van der Waals surface area contributed by atoms with E-state index in [1.165, 1.54) is 0 Å². The first kappa shape index (κ1) is 23.7. The topological polar surface area (TPSA) is 34.1 Å². The van der Waals surface area contributed by atoms with Crippen LogP contribution in [0.25, 0.3) is 22.3 Å². The minimum absolute atomic E-state index is 0.249. The van der Waals surface area contributed by atoms with Crippen LogP contribution in [0.15, 0.2) is 121 Å². The number of rotatable bonds is 6. The molecule has 0 fully saturated rings. The molecule has 5 aromatic rings. The van der Waals surface area contributed by atoms with Crippen molar-refractivity contribution in [2.24, 2.45) is 0 Å². The van der Waals surface area contributed by atoms with Gasteiger partial charge in [-0.15, -0.1) is 0 Å². The van der Waals surface area contributed by atoms with Gasteiger partial charge in [0, 0.05) is 32.3 Å². The van der Waals surface area contributed by atoms with E-state index in [0.29, 0.717) is 43.4 Å². The lowest BCUT2D eigenvalue weighted by molar-refractivity contribution is 0.100. The van der Waals surface area contributed by atoms with Gasteiger partial charge in [-0.05, 0) is 70.8 Å². The quantitative estimate of drug-likeness (QED) is 0.215. The first-order valence-electron chi connectivity index (χ1n) is 11.4. The molecule has 0 aliphatic rings. The molecule has 0 N–H and O–H groups in total. The van der Waals surface area contributed by atoms with Crippen molar-refractivity contribution in [3.63, 3.8) is 0 Å². The van der Waals surface area contributed by atoms with Crippen molar-refractivity contribution in [3.05, 3.63) is 154 Å². The summed E-state index contributed by atoms with van der Waals surface area (Å²) in [6.07, 6.45) is 0. The fourth-order valence-electron chi connectivity index (χ4n) is 4.28. The first-order chi connectivity index (χ1) is 17.5. The molecule has 0 atom stereocenters. The predicted molar refractivity (Wildman–Crippen MR) is 147 cm³/mol. The number of hydrogen-bond donors (Lipinski definition) is 0. The summed E-state index contributed by atoms with van der Waals surface area (Å²) in [4.78, 5) is 28.3. The Hall–Kier alpha value is -3.98. The van der Waals surface area contributed by atoms with Crippen molar-refractivity contribution in [1.29, 1.82) is 0 Å². The average Bonchev–Trinajstić information content (AvgIpc) is 2.93. The van der Waals surface area contributed by atoms with Gasteiger partial charge in [0.05, 0.1) is 0 Å². The zero-order valence-electron chi connectivity index (χ0n) is 19.1. The van der Waals surface area contributed by atoms with Crippen LogP contribution >= 0.6 is 23.2 Å². The van der Waals surface area contributed by atoms with Crippen LogP contribution in [0.5, 0.6) is 0 Å². The van der Waals surface area contributed by atoms with Crippen LogP contribution in [-0.2, 0) is 0 Å². The molecule has 0 saturated carbocycles. The maximum Gasteiger partial charge on any atom is 0.194 e. The fraction of sp³-hybridized carbons (Fsp3) is 0. The SMILES string of the molecule is O=C(c1ccc(Cl)cc1)c1c(-c2ccccc2)ccc(-c2ccccc2)c1C(=O)c1ccc(Cl)cc1. The number of benzene rings is 5. The number of carbonyl (C=O) groups excluding carboxylic acids is 2. The molecule has 5 rings (SSSR count). The summed E-state index contributed by atoms with van der Waals surface area (Å²) < 4.78 is 0. The molecule has 0 saturated heterocycles. The van der Waals surface area contributed by atoms with Crippen LogP contribution in [0.4, 0.5) is 0 Å². The Morgan fingerprint density at radius 1 is 0.417 bits per heavy atom. The Bertz CT molecular complexity index is 1420. The van der Waals surface area contributed by atoms with E-state index < -0.39 is 0 Å². The molecular formula is C32H20Cl2O2. The van der Waals surface area contributed by atoms with E-state index in [0.717, 1.165) is 11.1 Å². The Kier molecular flexibility index (Phi) is 6.81. The molecule has 4 heteroatoms. The zero-order chi connectivity index (χ0) is 25.1. The minimum atomic E-state index is -0.249. The summed E-state index contributed by atoms with van der Waals surface area (Å²) in [6.45, 7) is 0. The third-order valence-electron chi connectivity index (χ3n) is 6.04. The molecule has 36 heavy (non-hydrogen) atoms. The van der Waals surface area contributed by atoms with Crippen LogP contribution in [0.1, 0.15) is 31.8 Å². The second-order valence-corrected chi connectivity index (χ2v) is 9.19. The van der Waals surface area contributed by atoms with E-state index in [1.807, 2.05) is 72.8 Å². The third kappa shape index (κ3) is 4.74. The second-order valence-electron chi connectivity index (χ2n) is 8.31. The standard InChI is InChI=1S/C32H20Cl2O2/c33-25-15-11-23(12-16-25)31(35)29-27(21-7-3-1-4-8-21)19-20-28(22-9-5-2-6-10-22)30(29)32(36)24-13-17-26(34)18-14-24/h1-20H. The number of ketones is 2. The molecule has 0 aliphatic heterocycles. The number of hydrogen-bond acceptors (Lipinski definition) is 2. The van der Waals surface area contributed by atoms with Gasteiger partial charge in [0.1, 0.15) is 0 Å². The molecule has 0 aliphatic carbocycles. The summed E-state index contributed by atoms with van der Waals surface area (Å²) in [5, 5.41) is 1.07. The highest BCUT2D eigenvalue weighted by molar-refractivity contribution is 6.31. The van der Waals surface area contributed by atoms with E-state index >= 15 is 0 Å². The molecule has 0 radical (unpaired) electrons. The molecule has 174 valence electrons. The molecule has 0 bridgehead atoms. The molecule has 0 heterocycles. The highest BCUT2D eigenvalue weighted by Gasteiger charge is 2.27. The van der Waals surface area contributed by atoms with Crippen LogP contribution < -0.4 is 0 Å². The van der Waals surface area contributed by atoms with Gasteiger partial charge in [-0.25, -0.2) is 0 Å². The number of carbonyl (C=O) groups is 2. The van der Waals surface area contributed by atoms with E-state index in [9.17, 15) is 9.59 Å². The maximum atomic E-state index is 14.1. The Morgan fingerprint density at radius 3 is 1.08 bits per heavy atom. The van der Waals surface area contributed by atoms with Crippen LogP contribution in [0.3, 0.4) is 0 Å². The molecule has 5 aromatic carbocycles. The van der Waals surface area contributed by atoms with Crippen LogP contribution in [-0.4, -0.2) is 11.6 Å². The lowest BCUT2D eigenvalue weighted by atomic mass is 9.82. The van der Waals surface area contributed by atoms with Gasteiger partial charge in [-0.3, -0.25) is 9.59 Å². The summed E-state index contributed by atoms with van der Waals surface area (Å²) in [5.41, 5.74) is 4.67. The maximum absolute atomic E-state index is 14.1. The van der Waals surface area contributed by atoms with Gasteiger partial charge in [-0.1, -0.05) is 96.0 Å². The van der Waals surface area contributed by atoms with Gasteiger partial charge in [0.25, 0.3) is 0 Å². The van der Waals surface area contributed by atoms with E-state index in [4.69, 9.17) is 23.2 Å². The van der Waals surface area contributed by atoms with Crippen molar-refractivity contribution in [2.75, 3.05) is 0 Å². The van der Waals surface area contributed by atoms with Crippen molar-refractivity contribution in [1.82, 2.24) is 0 Å². The zero-order valence-corrected chi connectivity index (χ0v) is 20.6. The normalized spacial score (nSPS) is 10.7. The highest BCUT2D eigenvalue weighted by Crippen LogP contribution is 2.37. The highest BCUT2D eigenvalue weighted by atomic mass is 35.5. The second kappa shape index (κ2) is 10.3. The van der Waals surface area contributed by atoms with E-state index in [1.54, 1.807) is 48.5 Å². The number of halogens is 2. The van der Waals surface area contributed by atoms with Gasteiger partial charge in [0.2, 0.25) is 0 Å². The molecule has 0 aromatic heterocycles. The van der Waals surface area contributed by atoms with Gasteiger partial charge in [-0.2, -0.15) is 0 Å². The van der Waals surface area contributed by atoms with Crippen molar-refractivity contribution >= 4 is 34.8 Å². The van der Waals surface area contributed by atoms with Gasteiger partial charge in [0.15, 0.2) is 11.6 Å². The van der Waals surface area contributed by atoms with Crippen LogP contribution in [0.2, 0.25) is 10.0 Å². The summed E-state index contributed by atoms with van der Waals surface area (Å²) in [5.74, 6) is -0.499. The average molecular weight is 507 g/mol. The lowest BCUT2D eigenvalue weighted by Crippen LogP contribution is -2.14. The molecular weight excluding hydrogens is 487 g/mol. The molecule has 0 spiro atoms. The molecule has 0 unspecified atom stereocenters. The first-order valence-corrected chi connectivity index (χ1v) is 12.2. The van der Waals surface area contributed by atoms with Crippen molar-refractivity contribution < 1.29 is 9.59 Å². The fourth-order valence-corrected chi connectivity index (χ4v) is 4.53. The molecule has 0 amide bonds. The summed E-state index contributed by atoms with van der Waals surface area (Å²) >= 11 is 12.2. The lowest BCUT2D eigenvalue weighted by Gasteiger charge is -2.19. The van der Waals surface area contributed by atoms with E-state index in [-0.39, 0.29) is 11.6 Å². The minimum Gasteiger partial charge on any atom is -0.289 e. The Labute approximate surface area is 219 Å². The van der Waals surface area contributed by atoms with Crippen LogP contribution in [0, 0.1) is 0 Å². The molecule has 2 nitrogen and oxygen atoms in total. The monoisotopic (exact) mass is 506 g/mol. The summed E-state index contributed by atoms with van der Waals surface area (Å²) in [6, 6.07) is 36.5. The van der Waals surface area contributed by atoms with Gasteiger partial charge < -0.3 is 0 Å². The van der Waals surface area contributed by atoms with E-state index in [2.05, 4.69) is 0 Å². The van der Waals surface area contributed by atoms with Crippen molar-refractivity contribution in [2.45, 2.75) is 0 Å². The smallest absolute Gasteiger partial charge is 0.194 e.